The van der Waals surface area contributed by atoms with Gasteiger partial charge in [0.15, 0.2) is 24.1 Å². The van der Waals surface area contributed by atoms with Crippen LogP contribution in [0.1, 0.15) is 18.1 Å². The average Bonchev–Trinajstić information content (AvgIpc) is 3.01. The van der Waals surface area contributed by atoms with Gasteiger partial charge in [0.05, 0.1) is 6.33 Å². The number of alkyl halides is 1. The highest BCUT2D eigenvalue weighted by Gasteiger charge is 2.65. The summed E-state index contributed by atoms with van der Waals surface area (Å²) in [6, 6.07) is 0. The number of aromatic nitrogens is 2. The molecular weight excluding hydrogens is 311 g/mol. The fraction of sp³-hybridized carbons (Fsp3) is 0.500. The van der Waals surface area contributed by atoms with Crippen LogP contribution in [0.2, 0.25) is 0 Å². The zero-order valence-corrected chi connectivity index (χ0v) is 11.7. The zero-order valence-electron chi connectivity index (χ0n) is 11.7. The highest BCUT2D eigenvalue weighted by molar-refractivity contribution is 5.83. The third-order valence-electron chi connectivity index (χ3n) is 3.83. The maximum absolute atomic E-state index is 14.4. The number of guanidine groups is 1. The van der Waals surface area contributed by atoms with Gasteiger partial charge in [-0.15, -0.1) is 6.42 Å². The van der Waals surface area contributed by atoms with E-state index in [2.05, 4.69) is 15.3 Å². The molecule has 5 atom stereocenters. The van der Waals surface area contributed by atoms with Crippen molar-refractivity contribution >= 4 is 11.8 Å². The molecule has 1 unspecified atom stereocenters. The fourth-order valence-corrected chi connectivity index (χ4v) is 2.60. The minimum Gasteiger partial charge on any atom is -0.390 e. The second-order valence-corrected chi connectivity index (χ2v) is 5.27. The van der Waals surface area contributed by atoms with Crippen molar-refractivity contribution in [3.8, 4) is 12.3 Å². The summed E-state index contributed by atoms with van der Waals surface area (Å²) in [6.45, 7) is -1.21. The summed E-state index contributed by atoms with van der Waals surface area (Å²) < 4.78 is 20.5. The number of rotatable bonds is 2. The predicted octanol–water partition coefficient (Wildman–Crippen LogP) is -2.70. The first-order valence-corrected chi connectivity index (χ1v) is 6.55. The third-order valence-corrected chi connectivity index (χ3v) is 3.83. The molecule has 0 bridgehead atoms. The van der Waals surface area contributed by atoms with Crippen molar-refractivity contribution in [1.29, 1.82) is 0 Å². The molecule has 11 heteroatoms. The molecule has 23 heavy (non-hydrogen) atoms. The van der Waals surface area contributed by atoms with Crippen molar-refractivity contribution in [2.75, 3.05) is 6.61 Å². The van der Waals surface area contributed by atoms with Gasteiger partial charge in [0.2, 0.25) is 5.60 Å². The smallest absolute Gasteiger partial charge is 0.264 e. The molecule has 0 amide bonds. The van der Waals surface area contributed by atoms with Gasteiger partial charge in [-0.3, -0.25) is 4.57 Å². The number of halogens is 1. The van der Waals surface area contributed by atoms with Crippen LogP contribution in [0.25, 0.3) is 0 Å². The third kappa shape index (κ3) is 2.01. The number of nitrogens with one attached hydrogen (secondary N) is 1. The van der Waals surface area contributed by atoms with Gasteiger partial charge < -0.3 is 36.8 Å². The summed E-state index contributed by atoms with van der Waals surface area (Å²) in [7, 11) is 0. The van der Waals surface area contributed by atoms with Crippen LogP contribution < -0.4 is 16.8 Å². The first-order chi connectivity index (χ1) is 10.8. The lowest BCUT2D eigenvalue weighted by Crippen LogP contribution is -2.49. The Morgan fingerprint density at radius 2 is 2.30 bits per heavy atom. The normalized spacial score (nSPS) is 39.3. The minimum atomic E-state index is -2.95. The van der Waals surface area contributed by atoms with Gasteiger partial charge in [-0.25, -0.2) is 9.37 Å². The second-order valence-electron chi connectivity index (χ2n) is 5.27. The molecule has 3 rings (SSSR count). The van der Waals surface area contributed by atoms with Crippen molar-refractivity contribution in [3.05, 3.63) is 12.0 Å². The summed E-state index contributed by atoms with van der Waals surface area (Å²) in [5.41, 5.74) is 9.18. The minimum absolute atomic E-state index is 0.0248. The molecule has 1 aromatic heterocycles. The summed E-state index contributed by atoms with van der Waals surface area (Å²) in [4.78, 5) is 7.98. The van der Waals surface area contributed by atoms with Crippen LogP contribution in [-0.2, 0) is 4.74 Å². The number of aliphatic hydroxyl groups excluding tert-OH is 2. The van der Waals surface area contributed by atoms with Gasteiger partial charge in [0.25, 0.3) is 5.85 Å². The molecule has 10 nitrogen and oxygen atoms in total. The Kier molecular flexibility index (Phi) is 3.32. The van der Waals surface area contributed by atoms with Gasteiger partial charge in [-0.1, -0.05) is 5.92 Å². The van der Waals surface area contributed by atoms with Gasteiger partial charge in [0.1, 0.15) is 18.5 Å². The average molecular weight is 326 g/mol. The molecule has 0 aromatic carbocycles. The van der Waals surface area contributed by atoms with E-state index in [1.807, 2.05) is 5.92 Å². The molecule has 2 aliphatic rings. The molecule has 0 radical (unpaired) electrons. The van der Waals surface area contributed by atoms with E-state index in [1.165, 1.54) is 0 Å². The van der Waals surface area contributed by atoms with E-state index < -0.39 is 36.6 Å². The van der Waals surface area contributed by atoms with Gasteiger partial charge >= 0.3 is 0 Å². The molecule has 124 valence electrons. The van der Waals surface area contributed by atoms with Crippen LogP contribution >= 0.6 is 0 Å². The molecule has 8 N–H and O–H groups in total. The predicted molar refractivity (Wildman–Crippen MR) is 74.4 cm³/mol. The van der Waals surface area contributed by atoms with Gasteiger partial charge in [0, 0.05) is 0 Å². The molecule has 0 spiro atoms. The second kappa shape index (κ2) is 4.88. The number of fused-ring (bicyclic) bond motifs is 1. The molecule has 1 aromatic rings. The Morgan fingerprint density at radius 1 is 1.61 bits per heavy atom. The molecular formula is C12H15FN6O4. The maximum atomic E-state index is 14.4. The Morgan fingerprint density at radius 3 is 2.91 bits per heavy atom. The Hall–Kier alpha value is -2.23. The summed E-state index contributed by atoms with van der Waals surface area (Å²) in [6.07, 6.45) is 1.84. The standard InChI is InChI=1S/C12H15FN6O4/c1-2-11(22)8(21)12(13,3-20)23-9(11)19-4-16-5-6(14)17-10(15)18-7(5)19/h1,4,6,8-9,20-22H,3,14H2,(H3,15,17,18)/t6?,8-,9+,11+,12+/m0/s1. The highest BCUT2D eigenvalue weighted by Crippen LogP contribution is 2.47. The number of aliphatic hydroxyl groups is 3. The maximum Gasteiger partial charge on any atom is 0.264 e. The van der Waals surface area contributed by atoms with E-state index in [1.54, 1.807) is 0 Å². The molecule has 1 saturated heterocycles. The summed E-state index contributed by atoms with van der Waals surface area (Å²) in [5.74, 6) is -0.990. The highest BCUT2D eigenvalue weighted by atomic mass is 19.2. The lowest BCUT2D eigenvalue weighted by atomic mass is 9.94. The van der Waals surface area contributed by atoms with Crippen molar-refractivity contribution in [1.82, 2.24) is 14.9 Å². The number of hydrogen-bond acceptors (Lipinski definition) is 9. The number of nitrogens with two attached hydrogens (primary N) is 2. The van der Waals surface area contributed by atoms with E-state index in [0.717, 1.165) is 10.9 Å². The number of terminal acetylenes is 1. The van der Waals surface area contributed by atoms with Crippen molar-refractivity contribution in [2.45, 2.75) is 30.0 Å². The molecule has 3 heterocycles. The lowest BCUT2D eigenvalue weighted by Gasteiger charge is -2.27. The van der Waals surface area contributed by atoms with E-state index in [4.69, 9.17) is 27.7 Å². The molecule has 2 aliphatic heterocycles. The largest absolute Gasteiger partial charge is 0.390 e. The summed E-state index contributed by atoms with van der Waals surface area (Å²) >= 11 is 0. The Bertz CT molecular complexity index is 717. The van der Waals surface area contributed by atoms with Crippen molar-refractivity contribution < 1.29 is 24.4 Å². The van der Waals surface area contributed by atoms with Crippen LogP contribution in [0.5, 0.6) is 0 Å². The lowest BCUT2D eigenvalue weighted by molar-refractivity contribution is -0.206. The van der Waals surface area contributed by atoms with E-state index in [9.17, 15) is 14.6 Å². The van der Waals surface area contributed by atoms with Crippen LogP contribution in [0.15, 0.2) is 11.3 Å². The van der Waals surface area contributed by atoms with Gasteiger partial charge in [-0.05, 0) is 0 Å². The number of ether oxygens (including phenoxy) is 1. The number of imidazole rings is 1. The quantitative estimate of drug-likeness (QED) is 0.320. The number of aliphatic imine (C=N–C) groups is 1. The zero-order chi connectivity index (χ0) is 17.0. The molecule has 0 saturated carbocycles. The molecule has 0 aliphatic carbocycles. The summed E-state index contributed by atoms with van der Waals surface area (Å²) in [5, 5.41) is 32.2. The first kappa shape index (κ1) is 15.7. The SMILES string of the molecule is C#C[C@]1(O)[C@H](n2cnc3c2N=C(N)NC3N)O[C@](F)(CO)[C@H]1O. The Labute approximate surface area is 129 Å². The first-order valence-electron chi connectivity index (χ1n) is 6.55. The van der Waals surface area contributed by atoms with Gasteiger partial charge in [-0.2, -0.15) is 4.99 Å². The van der Waals surface area contributed by atoms with Crippen molar-refractivity contribution in [3.63, 3.8) is 0 Å². The fourth-order valence-electron chi connectivity index (χ4n) is 2.60. The topological polar surface area (TPSA) is 164 Å². The molecule has 1 fully saturated rings. The van der Waals surface area contributed by atoms with Crippen LogP contribution in [0, 0.1) is 12.3 Å². The Balaban J connectivity index is 2.12. The van der Waals surface area contributed by atoms with Crippen LogP contribution in [0.3, 0.4) is 0 Å². The number of nitrogens with zero attached hydrogens (tertiary/aromatic N) is 3. The monoisotopic (exact) mass is 326 g/mol. The van der Waals surface area contributed by atoms with E-state index >= 15 is 0 Å². The van der Waals surface area contributed by atoms with Crippen LogP contribution in [-0.4, -0.2) is 55.0 Å². The number of hydrogen-bond donors (Lipinski definition) is 6. The van der Waals surface area contributed by atoms with Crippen LogP contribution in [0.4, 0.5) is 10.2 Å². The van der Waals surface area contributed by atoms with E-state index in [-0.39, 0.29) is 17.5 Å². The van der Waals surface area contributed by atoms with E-state index in [0.29, 0.717) is 0 Å². The van der Waals surface area contributed by atoms with Crippen molar-refractivity contribution in [2.24, 2.45) is 16.5 Å².